The quantitative estimate of drug-likeness (QED) is 0.878. The summed E-state index contributed by atoms with van der Waals surface area (Å²) in [5.74, 6) is 0. The van der Waals surface area contributed by atoms with E-state index in [1.165, 1.54) is 5.56 Å². The molecule has 0 aliphatic heterocycles. The molecule has 2 N–H and O–H groups in total. The molecule has 0 bridgehead atoms. The molecule has 0 saturated carbocycles. The summed E-state index contributed by atoms with van der Waals surface area (Å²) in [5, 5.41) is 0. The van der Waals surface area contributed by atoms with Crippen LogP contribution in [0.3, 0.4) is 0 Å². The van der Waals surface area contributed by atoms with Gasteiger partial charge in [0.25, 0.3) is 0 Å². The number of nitrogens with zero attached hydrogens (tertiary/aromatic N) is 2. The molecule has 2 rings (SSSR count). The topological polar surface area (TPSA) is 42.1 Å². The van der Waals surface area contributed by atoms with Gasteiger partial charge in [-0.25, -0.2) is 0 Å². The Morgan fingerprint density at radius 2 is 2.00 bits per heavy atom. The van der Waals surface area contributed by atoms with Crippen LogP contribution < -0.4 is 5.73 Å². The SMILES string of the molecule is Cc1cccc(CN(C)Cc2cc(N)cc(Br)c2)n1. The van der Waals surface area contributed by atoms with Gasteiger partial charge >= 0.3 is 0 Å². The minimum absolute atomic E-state index is 0.784. The Balaban J connectivity index is 2.03. The number of rotatable bonds is 4. The van der Waals surface area contributed by atoms with Crippen LogP contribution in [-0.4, -0.2) is 16.9 Å². The Hall–Kier alpha value is -1.39. The Morgan fingerprint density at radius 3 is 2.68 bits per heavy atom. The van der Waals surface area contributed by atoms with Gasteiger partial charge in [-0.05, 0) is 49.9 Å². The minimum Gasteiger partial charge on any atom is -0.399 e. The number of anilines is 1. The Labute approximate surface area is 122 Å². The number of hydrogen-bond acceptors (Lipinski definition) is 3. The van der Waals surface area contributed by atoms with E-state index >= 15 is 0 Å². The molecule has 100 valence electrons. The van der Waals surface area contributed by atoms with Crippen molar-refractivity contribution in [1.82, 2.24) is 9.88 Å². The van der Waals surface area contributed by atoms with Gasteiger partial charge in [0.1, 0.15) is 0 Å². The van der Waals surface area contributed by atoms with Crippen LogP contribution in [0.15, 0.2) is 40.9 Å². The van der Waals surface area contributed by atoms with Crippen LogP contribution in [0, 0.1) is 6.92 Å². The number of benzene rings is 1. The molecule has 0 radical (unpaired) electrons. The molecule has 0 saturated heterocycles. The molecule has 19 heavy (non-hydrogen) atoms. The number of nitrogens with two attached hydrogens (primary N) is 1. The molecule has 0 fully saturated rings. The third-order valence-electron chi connectivity index (χ3n) is 2.81. The number of halogens is 1. The first kappa shape index (κ1) is 14.0. The number of hydrogen-bond donors (Lipinski definition) is 1. The van der Waals surface area contributed by atoms with Crippen molar-refractivity contribution in [3.63, 3.8) is 0 Å². The van der Waals surface area contributed by atoms with Crippen LogP contribution >= 0.6 is 15.9 Å². The normalized spacial score (nSPS) is 10.9. The van der Waals surface area contributed by atoms with Crippen LogP contribution in [-0.2, 0) is 13.1 Å². The molecular weight excluding hydrogens is 302 g/mol. The fraction of sp³-hybridized carbons (Fsp3) is 0.267. The van der Waals surface area contributed by atoms with Crippen LogP contribution in [0.25, 0.3) is 0 Å². The van der Waals surface area contributed by atoms with E-state index < -0.39 is 0 Å². The zero-order chi connectivity index (χ0) is 13.8. The predicted octanol–water partition coefficient (Wildman–Crippen LogP) is 3.37. The molecule has 1 aromatic carbocycles. The van der Waals surface area contributed by atoms with Crippen molar-refractivity contribution < 1.29 is 0 Å². The van der Waals surface area contributed by atoms with Crippen molar-refractivity contribution in [2.24, 2.45) is 0 Å². The molecule has 0 aliphatic carbocycles. The van der Waals surface area contributed by atoms with Crippen LogP contribution in [0.4, 0.5) is 5.69 Å². The first-order valence-electron chi connectivity index (χ1n) is 6.19. The lowest BCUT2D eigenvalue weighted by atomic mass is 10.2. The van der Waals surface area contributed by atoms with Gasteiger partial charge in [0.15, 0.2) is 0 Å². The second-order valence-electron chi connectivity index (χ2n) is 4.84. The second kappa shape index (κ2) is 6.17. The summed E-state index contributed by atoms with van der Waals surface area (Å²) in [7, 11) is 2.08. The first-order valence-corrected chi connectivity index (χ1v) is 6.98. The molecule has 2 aromatic rings. The summed E-state index contributed by atoms with van der Waals surface area (Å²) >= 11 is 3.47. The maximum Gasteiger partial charge on any atom is 0.0547 e. The van der Waals surface area contributed by atoms with Crippen LogP contribution in [0.5, 0.6) is 0 Å². The summed E-state index contributed by atoms with van der Waals surface area (Å²) in [4.78, 5) is 6.74. The van der Waals surface area contributed by atoms with Crippen molar-refractivity contribution in [2.75, 3.05) is 12.8 Å². The third kappa shape index (κ3) is 4.33. The van der Waals surface area contributed by atoms with Gasteiger partial charge in [0.2, 0.25) is 0 Å². The van der Waals surface area contributed by atoms with E-state index in [1.807, 2.05) is 31.2 Å². The highest BCUT2D eigenvalue weighted by atomic mass is 79.9. The van der Waals surface area contributed by atoms with Gasteiger partial charge in [0.05, 0.1) is 5.69 Å². The molecule has 1 aromatic heterocycles. The van der Waals surface area contributed by atoms with Gasteiger partial charge < -0.3 is 5.73 Å². The number of aromatic nitrogens is 1. The fourth-order valence-electron chi connectivity index (χ4n) is 2.10. The molecular formula is C15H18BrN3. The van der Waals surface area contributed by atoms with Crippen molar-refractivity contribution >= 4 is 21.6 Å². The molecule has 0 amide bonds. The van der Waals surface area contributed by atoms with Gasteiger partial charge in [-0.2, -0.15) is 0 Å². The highest BCUT2D eigenvalue weighted by Crippen LogP contribution is 2.18. The summed E-state index contributed by atoms with van der Waals surface area (Å²) in [6.45, 7) is 3.69. The highest BCUT2D eigenvalue weighted by Gasteiger charge is 2.04. The number of nitrogen functional groups attached to an aromatic ring is 1. The second-order valence-corrected chi connectivity index (χ2v) is 5.75. The third-order valence-corrected chi connectivity index (χ3v) is 3.27. The van der Waals surface area contributed by atoms with Gasteiger partial charge in [-0.1, -0.05) is 22.0 Å². The summed E-state index contributed by atoms with van der Waals surface area (Å²) in [6, 6.07) is 12.1. The maximum atomic E-state index is 5.85. The van der Waals surface area contributed by atoms with E-state index in [-0.39, 0.29) is 0 Å². The van der Waals surface area contributed by atoms with Gasteiger partial charge in [-0.15, -0.1) is 0 Å². The maximum absolute atomic E-state index is 5.85. The average molecular weight is 320 g/mol. The number of aryl methyl sites for hydroxylation is 1. The summed E-state index contributed by atoms with van der Waals surface area (Å²) in [5.41, 5.74) is 9.97. The van der Waals surface area contributed by atoms with E-state index in [1.54, 1.807) is 0 Å². The van der Waals surface area contributed by atoms with Crippen LogP contribution in [0.2, 0.25) is 0 Å². The monoisotopic (exact) mass is 319 g/mol. The van der Waals surface area contributed by atoms with Gasteiger partial charge in [-0.3, -0.25) is 9.88 Å². The molecule has 0 atom stereocenters. The first-order chi connectivity index (χ1) is 9.02. The van der Waals surface area contributed by atoms with E-state index in [2.05, 4.69) is 45.0 Å². The van der Waals surface area contributed by atoms with E-state index in [0.29, 0.717) is 0 Å². The zero-order valence-corrected chi connectivity index (χ0v) is 12.8. The van der Waals surface area contributed by atoms with E-state index in [0.717, 1.165) is 34.6 Å². The van der Waals surface area contributed by atoms with Crippen molar-refractivity contribution in [1.29, 1.82) is 0 Å². The Kier molecular flexibility index (Phi) is 4.56. The Bertz CT molecular complexity index is 549. The largest absolute Gasteiger partial charge is 0.399 e. The van der Waals surface area contributed by atoms with Crippen LogP contribution in [0.1, 0.15) is 17.0 Å². The lowest BCUT2D eigenvalue weighted by Crippen LogP contribution is -2.18. The highest BCUT2D eigenvalue weighted by molar-refractivity contribution is 9.10. The summed E-state index contributed by atoms with van der Waals surface area (Å²) < 4.78 is 1.02. The average Bonchev–Trinajstić information content (AvgIpc) is 2.26. The van der Waals surface area contributed by atoms with E-state index in [4.69, 9.17) is 5.73 Å². The molecule has 1 heterocycles. The van der Waals surface area contributed by atoms with Crippen molar-refractivity contribution in [2.45, 2.75) is 20.0 Å². The van der Waals surface area contributed by atoms with Crippen molar-refractivity contribution in [3.05, 3.63) is 57.8 Å². The smallest absolute Gasteiger partial charge is 0.0547 e. The number of pyridine rings is 1. The van der Waals surface area contributed by atoms with E-state index in [9.17, 15) is 0 Å². The lowest BCUT2D eigenvalue weighted by molar-refractivity contribution is 0.315. The van der Waals surface area contributed by atoms with Gasteiger partial charge in [0, 0.05) is 28.9 Å². The summed E-state index contributed by atoms with van der Waals surface area (Å²) in [6.07, 6.45) is 0. The fourth-order valence-corrected chi connectivity index (χ4v) is 2.66. The standard InChI is InChI=1S/C15H18BrN3/c1-11-4-3-5-15(18-11)10-19(2)9-12-6-13(16)8-14(17)7-12/h3-8H,9-10,17H2,1-2H3. The molecule has 0 aliphatic rings. The molecule has 4 heteroatoms. The predicted molar refractivity (Wildman–Crippen MR) is 82.7 cm³/mol. The molecule has 0 spiro atoms. The molecule has 0 unspecified atom stereocenters. The van der Waals surface area contributed by atoms with Crippen molar-refractivity contribution in [3.8, 4) is 0 Å². The Morgan fingerprint density at radius 1 is 1.21 bits per heavy atom. The lowest BCUT2D eigenvalue weighted by Gasteiger charge is -2.17. The zero-order valence-electron chi connectivity index (χ0n) is 11.2. The minimum atomic E-state index is 0.784. The molecule has 3 nitrogen and oxygen atoms in total.